The van der Waals surface area contributed by atoms with Crippen molar-refractivity contribution in [2.24, 2.45) is 5.73 Å². The highest BCUT2D eigenvalue weighted by atomic mass is 32.2. The van der Waals surface area contributed by atoms with E-state index >= 15 is 0 Å². The van der Waals surface area contributed by atoms with Crippen LogP contribution in [0.5, 0.6) is 0 Å². The summed E-state index contributed by atoms with van der Waals surface area (Å²) in [6.07, 6.45) is -0.522. The van der Waals surface area contributed by atoms with Gasteiger partial charge in [0.15, 0.2) is 0 Å². The minimum Gasteiger partial charge on any atom is -0.389 e. The second-order valence-electron chi connectivity index (χ2n) is 3.02. The number of thiocarbonyl (C=S) groups is 1. The van der Waals surface area contributed by atoms with E-state index in [9.17, 15) is 8.78 Å². The predicted molar refractivity (Wildman–Crippen MR) is 68.6 cm³/mol. The molecule has 0 radical (unpaired) electrons. The molecule has 88 valence electrons. The van der Waals surface area contributed by atoms with Crippen molar-refractivity contribution < 1.29 is 8.78 Å². The van der Waals surface area contributed by atoms with Crippen LogP contribution in [0.25, 0.3) is 0 Å². The minimum absolute atomic E-state index is 0.210. The van der Waals surface area contributed by atoms with E-state index in [4.69, 9.17) is 18.0 Å². The molecule has 0 spiro atoms. The number of nitrogens with two attached hydrogens (primary N) is 1. The lowest BCUT2D eigenvalue weighted by atomic mass is 10.1. The van der Waals surface area contributed by atoms with Crippen LogP contribution in [0.4, 0.5) is 14.5 Å². The molecule has 1 rings (SSSR count). The second-order valence-corrected chi connectivity index (χ2v) is 4.31. The number of anilines is 1. The summed E-state index contributed by atoms with van der Waals surface area (Å²) in [6, 6.07) is 5.32. The molecule has 0 saturated heterocycles. The van der Waals surface area contributed by atoms with Gasteiger partial charge in [0.2, 0.25) is 0 Å². The van der Waals surface area contributed by atoms with Gasteiger partial charge in [-0.1, -0.05) is 18.3 Å². The molecule has 2 nitrogen and oxygen atoms in total. The van der Waals surface area contributed by atoms with Crippen molar-refractivity contribution in [2.75, 3.05) is 18.1 Å². The van der Waals surface area contributed by atoms with Gasteiger partial charge in [0.25, 0.3) is 6.43 Å². The van der Waals surface area contributed by atoms with Gasteiger partial charge in [0, 0.05) is 16.1 Å². The molecule has 1 aromatic rings. The normalized spacial score (nSPS) is 10.5. The molecule has 0 aromatic heterocycles. The lowest BCUT2D eigenvalue weighted by molar-refractivity contribution is 0.163. The first kappa shape index (κ1) is 13.2. The lowest BCUT2D eigenvalue weighted by Crippen LogP contribution is -2.17. The molecule has 16 heavy (non-hydrogen) atoms. The summed E-state index contributed by atoms with van der Waals surface area (Å²) in [7, 11) is 0. The quantitative estimate of drug-likeness (QED) is 0.632. The molecule has 0 heterocycles. The predicted octanol–water partition coefficient (Wildman–Crippen LogP) is 2.72. The van der Waals surface area contributed by atoms with Gasteiger partial charge in [-0.15, -0.1) is 11.8 Å². The van der Waals surface area contributed by atoms with E-state index in [-0.39, 0.29) is 4.99 Å². The third kappa shape index (κ3) is 3.31. The average molecular weight is 262 g/mol. The van der Waals surface area contributed by atoms with Crippen LogP contribution in [-0.2, 0) is 0 Å². The van der Waals surface area contributed by atoms with Gasteiger partial charge in [0.05, 0.1) is 6.54 Å². The third-order valence-electron chi connectivity index (χ3n) is 1.94. The Labute approximate surface area is 103 Å². The van der Waals surface area contributed by atoms with Crippen LogP contribution in [-0.4, -0.2) is 24.2 Å². The standard InChI is InChI=1S/C10H12F2N2S2/c1-16-7-4-2-3-6(9(7)10(13)15)14-5-8(11)12/h2-4,8,14H,5H2,1H3,(H2,13,15). The van der Waals surface area contributed by atoms with Gasteiger partial charge >= 0.3 is 0 Å². The monoisotopic (exact) mass is 262 g/mol. The number of halogens is 2. The SMILES string of the molecule is CSc1cccc(NCC(F)F)c1C(N)=S. The fourth-order valence-corrected chi connectivity index (χ4v) is 2.21. The van der Waals surface area contributed by atoms with Crippen molar-refractivity contribution in [3.05, 3.63) is 23.8 Å². The molecule has 3 N–H and O–H groups in total. The Morgan fingerprint density at radius 2 is 2.25 bits per heavy atom. The van der Waals surface area contributed by atoms with E-state index in [0.29, 0.717) is 11.3 Å². The number of hydrogen-bond donors (Lipinski definition) is 2. The maximum absolute atomic E-state index is 12.1. The van der Waals surface area contributed by atoms with Gasteiger partial charge < -0.3 is 11.1 Å². The number of thioether (sulfide) groups is 1. The number of alkyl halides is 2. The molecule has 0 aliphatic rings. The van der Waals surface area contributed by atoms with Crippen LogP contribution >= 0.6 is 24.0 Å². The van der Waals surface area contributed by atoms with Crippen LogP contribution in [0.3, 0.4) is 0 Å². The van der Waals surface area contributed by atoms with Gasteiger partial charge in [0.1, 0.15) is 4.99 Å². The van der Waals surface area contributed by atoms with E-state index < -0.39 is 13.0 Å². The van der Waals surface area contributed by atoms with Gasteiger partial charge in [-0.2, -0.15) is 0 Å². The lowest BCUT2D eigenvalue weighted by Gasteiger charge is -2.13. The minimum atomic E-state index is -2.41. The smallest absolute Gasteiger partial charge is 0.255 e. The number of benzene rings is 1. The zero-order valence-corrected chi connectivity index (χ0v) is 10.3. The summed E-state index contributed by atoms with van der Waals surface area (Å²) in [5, 5.41) is 2.64. The van der Waals surface area contributed by atoms with Gasteiger partial charge in [-0.05, 0) is 18.4 Å². The topological polar surface area (TPSA) is 38.0 Å². The highest BCUT2D eigenvalue weighted by molar-refractivity contribution is 7.98. The van der Waals surface area contributed by atoms with Crippen LogP contribution in [0.15, 0.2) is 23.1 Å². The Kier molecular flexibility index (Phi) is 4.95. The molecule has 1 aromatic carbocycles. The molecular weight excluding hydrogens is 250 g/mol. The molecule has 0 unspecified atom stereocenters. The van der Waals surface area contributed by atoms with Crippen molar-refractivity contribution in [1.82, 2.24) is 0 Å². The van der Waals surface area contributed by atoms with E-state index in [1.165, 1.54) is 11.8 Å². The highest BCUT2D eigenvalue weighted by Gasteiger charge is 2.11. The first-order chi connectivity index (χ1) is 7.56. The Morgan fingerprint density at radius 3 is 2.75 bits per heavy atom. The first-order valence-electron chi connectivity index (χ1n) is 4.55. The summed E-state index contributed by atoms with van der Waals surface area (Å²) in [6.45, 7) is -0.409. The summed E-state index contributed by atoms with van der Waals surface area (Å²) < 4.78 is 24.2. The Hall–Kier alpha value is -0.880. The van der Waals surface area contributed by atoms with Crippen molar-refractivity contribution >= 4 is 34.7 Å². The maximum Gasteiger partial charge on any atom is 0.255 e. The van der Waals surface area contributed by atoms with E-state index in [2.05, 4.69) is 5.32 Å². The summed E-state index contributed by atoms with van der Waals surface area (Å²) in [5.41, 5.74) is 6.77. The van der Waals surface area contributed by atoms with Crippen LogP contribution in [0, 0.1) is 0 Å². The fourth-order valence-electron chi connectivity index (χ4n) is 1.29. The number of nitrogens with one attached hydrogen (secondary N) is 1. The van der Waals surface area contributed by atoms with Crippen molar-refractivity contribution in [2.45, 2.75) is 11.3 Å². The average Bonchev–Trinajstić information content (AvgIpc) is 2.25. The Bertz CT molecular complexity index is 383. The maximum atomic E-state index is 12.1. The molecule has 0 fully saturated rings. The summed E-state index contributed by atoms with van der Waals surface area (Å²) in [4.78, 5) is 1.09. The summed E-state index contributed by atoms with van der Waals surface area (Å²) >= 11 is 6.40. The molecule has 0 saturated carbocycles. The number of hydrogen-bond acceptors (Lipinski definition) is 3. The molecule has 0 atom stereocenters. The first-order valence-corrected chi connectivity index (χ1v) is 6.18. The van der Waals surface area contributed by atoms with Crippen molar-refractivity contribution in [3.8, 4) is 0 Å². The van der Waals surface area contributed by atoms with E-state index in [1.807, 2.05) is 12.3 Å². The van der Waals surface area contributed by atoms with E-state index in [0.717, 1.165) is 4.90 Å². The Morgan fingerprint density at radius 1 is 1.56 bits per heavy atom. The van der Waals surface area contributed by atoms with Crippen LogP contribution in [0.1, 0.15) is 5.56 Å². The Balaban J connectivity index is 3.02. The highest BCUT2D eigenvalue weighted by Crippen LogP contribution is 2.27. The largest absolute Gasteiger partial charge is 0.389 e. The van der Waals surface area contributed by atoms with Gasteiger partial charge in [-0.3, -0.25) is 0 Å². The summed E-state index contributed by atoms with van der Waals surface area (Å²) in [5.74, 6) is 0. The molecular formula is C10H12F2N2S2. The van der Waals surface area contributed by atoms with Crippen LogP contribution in [0.2, 0.25) is 0 Å². The zero-order chi connectivity index (χ0) is 12.1. The van der Waals surface area contributed by atoms with Gasteiger partial charge in [-0.25, -0.2) is 8.78 Å². The van der Waals surface area contributed by atoms with Crippen molar-refractivity contribution in [3.63, 3.8) is 0 Å². The number of rotatable bonds is 5. The van der Waals surface area contributed by atoms with E-state index in [1.54, 1.807) is 12.1 Å². The molecule has 0 aliphatic carbocycles. The zero-order valence-electron chi connectivity index (χ0n) is 8.67. The molecule has 0 bridgehead atoms. The third-order valence-corrected chi connectivity index (χ3v) is 2.92. The van der Waals surface area contributed by atoms with Crippen LogP contribution < -0.4 is 11.1 Å². The molecule has 6 heteroatoms. The fraction of sp³-hybridized carbons (Fsp3) is 0.300. The second kappa shape index (κ2) is 6.00. The molecule has 0 aliphatic heterocycles. The van der Waals surface area contributed by atoms with Crippen molar-refractivity contribution in [1.29, 1.82) is 0 Å². The molecule has 0 amide bonds.